The minimum atomic E-state index is -3.20. The van der Waals surface area contributed by atoms with Crippen molar-refractivity contribution in [3.8, 4) is 0 Å². The molecule has 1 heterocycles. The van der Waals surface area contributed by atoms with Crippen LogP contribution in [0.25, 0.3) is 6.08 Å². The van der Waals surface area contributed by atoms with Gasteiger partial charge < -0.3 is 4.90 Å². The van der Waals surface area contributed by atoms with Gasteiger partial charge in [-0.05, 0) is 43.0 Å². The second kappa shape index (κ2) is 7.47. The molecule has 1 amide bonds. The van der Waals surface area contributed by atoms with Crippen LogP contribution < -0.4 is 4.72 Å². The summed E-state index contributed by atoms with van der Waals surface area (Å²) >= 11 is 6.06. The molecule has 0 bridgehead atoms. The first-order valence-corrected chi connectivity index (χ1v) is 9.72. The Hall–Kier alpha value is -1.37. The van der Waals surface area contributed by atoms with Gasteiger partial charge in [-0.25, -0.2) is 13.1 Å². The standard InChI is InChI=1S/C16H21ClN2O3S/c1-12-3-4-13(11-15(12)17)5-6-16(20)19-9-7-14(8-10-19)18-23(2,21)22/h3-6,11,14,18H,7-10H2,1-2H3/b6-5-. The molecular formula is C16H21ClN2O3S. The molecule has 0 spiro atoms. The Kier molecular flexibility index (Phi) is 5.84. The van der Waals surface area contributed by atoms with Crippen molar-refractivity contribution in [3.63, 3.8) is 0 Å². The predicted octanol–water partition coefficient (Wildman–Crippen LogP) is 2.20. The van der Waals surface area contributed by atoms with Crippen LogP contribution in [0.3, 0.4) is 0 Å². The molecule has 2 rings (SSSR count). The zero-order valence-corrected chi connectivity index (χ0v) is 14.8. The van der Waals surface area contributed by atoms with Crippen molar-refractivity contribution < 1.29 is 13.2 Å². The molecule has 23 heavy (non-hydrogen) atoms. The van der Waals surface area contributed by atoms with E-state index in [1.54, 1.807) is 11.0 Å². The number of rotatable bonds is 4. The first kappa shape index (κ1) is 18.0. The van der Waals surface area contributed by atoms with Gasteiger partial charge in [-0.2, -0.15) is 0 Å². The summed E-state index contributed by atoms with van der Waals surface area (Å²) in [6, 6.07) is 5.55. The topological polar surface area (TPSA) is 66.5 Å². The Bertz CT molecular complexity index is 708. The molecule has 1 saturated heterocycles. The van der Waals surface area contributed by atoms with Gasteiger partial charge in [-0.1, -0.05) is 23.7 Å². The first-order valence-electron chi connectivity index (χ1n) is 7.45. The highest BCUT2D eigenvalue weighted by Crippen LogP contribution is 2.18. The van der Waals surface area contributed by atoms with Gasteiger partial charge in [-0.3, -0.25) is 4.79 Å². The zero-order valence-electron chi connectivity index (χ0n) is 13.3. The Labute approximate surface area is 142 Å². The van der Waals surface area contributed by atoms with Gasteiger partial charge in [0, 0.05) is 30.2 Å². The second-order valence-electron chi connectivity index (χ2n) is 5.83. The first-order chi connectivity index (χ1) is 10.7. The van der Waals surface area contributed by atoms with E-state index in [4.69, 9.17) is 11.6 Å². The molecule has 7 heteroatoms. The Morgan fingerprint density at radius 3 is 2.57 bits per heavy atom. The van der Waals surface area contributed by atoms with Gasteiger partial charge in [-0.15, -0.1) is 0 Å². The summed E-state index contributed by atoms with van der Waals surface area (Å²) in [5.41, 5.74) is 1.87. The molecule has 0 aliphatic carbocycles. The van der Waals surface area contributed by atoms with Crippen molar-refractivity contribution in [1.82, 2.24) is 9.62 Å². The molecule has 1 fully saturated rings. The molecular weight excluding hydrogens is 336 g/mol. The third-order valence-corrected chi connectivity index (χ3v) is 4.97. The average molecular weight is 357 g/mol. The molecule has 1 aromatic carbocycles. The van der Waals surface area contributed by atoms with E-state index in [0.717, 1.165) is 17.4 Å². The smallest absolute Gasteiger partial charge is 0.246 e. The average Bonchev–Trinajstić information content (AvgIpc) is 2.47. The molecule has 0 atom stereocenters. The molecule has 1 aromatic rings. The fraction of sp³-hybridized carbons (Fsp3) is 0.438. The van der Waals surface area contributed by atoms with Crippen LogP contribution in [0.2, 0.25) is 5.02 Å². The van der Waals surface area contributed by atoms with Crippen LogP contribution in [0.4, 0.5) is 0 Å². The van der Waals surface area contributed by atoms with Crippen LogP contribution in [0, 0.1) is 6.92 Å². The molecule has 0 radical (unpaired) electrons. The van der Waals surface area contributed by atoms with Gasteiger partial charge in [0.15, 0.2) is 0 Å². The monoisotopic (exact) mass is 356 g/mol. The highest BCUT2D eigenvalue weighted by atomic mass is 35.5. The number of nitrogens with zero attached hydrogens (tertiary/aromatic N) is 1. The SMILES string of the molecule is Cc1ccc(/C=C\C(=O)N2CCC(NS(C)(=O)=O)CC2)cc1Cl. The quantitative estimate of drug-likeness (QED) is 0.841. The lowest BCUT2D eigenvalue weighted by atomic mass is 10.1. The summed E-state index contributed by atoms with van der Waals surface area (Å²) in [5.74, 6) is -0.0699. The minimum absolute atomic E-state index is 0.0699. The van der Waals surface area contributed by atoms with E-state index in [0.29, 0.717) is 31.0 Å². The lowest BCUT2D eigenvalue weighted by Crippen LogP contribution is -2.45. The van der Waals surface area contributed by atoms with Crippen molar-refractivity contribution in [2.24, 2.45) is 0 Å². The molecule has 1 aliphatic heterocycles. The summed E-state index contributed by atoms with van der Waals surface area (Å²) in [5, 5.41) is 0.673. The van der Waals surface area contributed by atoms with Crippen LogP contribution in [0.1, 0.15) is 24.0 Å². The largest absolute Gasteiger partial charge is 0.339 e. The number of benzene rings is 1. The van der Waals surface area contributed by atoms with Gasteiger partial charge in [0.05, 0.1) is 6.26 Å². The van der Waals surface area contributed by atoms with Crippen LogP contribution in [0.15, 0.2) is 24.3 Å². The summed E-state index contributed by atoms with van der Waals surface area (Å²) in [4.78, 5) is 13.9. The predicted molar refractivity (Wildman–Crippen MR) is 92.8 cm³/mol. The van der Waals surface area contributed by atoms with Crippen molar-refractivity contribution in [1.29, 1.82) is 0 Å². The highest BCUT2D eigenvalue weighted by Gasteiger charge is 2.23. The summed E-state index contributed by atoms with van der Waals surface area (Å²) < 4.78 is 25.0. The maximum absolute atomic E-state index is 12.2. The second-order valence-corrected chi connectivity index (χ2v) is 8.02. The Morgan fingerprint density at radius 2 is 2.00 bits per heavy atom. The van der Waals surface area contributed by atoms with Gasteiger partial charge >= 0.3 is 0 Å². The number of piperidine rings is 1. The van der Waals surface area contributed by atoms with E-state index in [1.165, 1.54) is 6.08 Å². The Morgan fingerprint density at radius 1 is 1.35 bits per heavy atom. The third kappa shape index (κ3) is 5.64. The normalized spacial score (nSPS) is 16.9. The van der Waals surface area contributed by atoms with Crippen LogP contribution >= 0.6 is 11.6 Å². The fourth-order valence-corrected chi connectivity index (χ4v) is 3.54. The maximum Gasteiger partial charge on any atom is 0.246 e. The summed E-state index contributed by atoms with van der Waals surface area (Å²) in [6.07, 6.45) is 5.69. The van der Waals surface area contributed by atoms with Crippen molar-refractivity contribution in [2.45, 2.75) is 25.8 Å². The number of likely N-dealkylation sites (tertiary alicyclic amines) is 1. The van der Waals surface area contributed by atoms with Crippen LogP contribution in [-0.2, 0) is 14.8 Å². The highest BCUT2D eigenvalue weighted by molar-refractivity contribution is 7.88. The number of hydrogen-bond acceptors (Lipinski definition) is 3. The molecule has 1 N–H and O–H groups in total. The number of hydrogen-bond donors (Lipinski definition) is 1. The Balaban J connectivity index is 1.89. The molecule has 5 nitrogen and oxygen atoms in total. The van der Waals surface area contributed by atoms with E-state index in [2.05, 4.69) is 4.72 Å². The molecule has 1 aliphatic rings. The number of nitrogens with one attached hydrogen (secondary N) is 1. The lowest BCUT2D eigenvalue weighted by Gasteiger charge is -2.31. The molecule has 126 valence electrons. The van der Waals surface area contributed by atoms with Gasteiger partial charge in [0.2, 0.25) is 15.9 Å². The molecule has 0 aromatic heterocycles. The van der Waals surface area contributed by atoms with E-state index in [-0.39, 0.29) is 11.9 Å². The van der Waals surface area contributed by atoms with Crippen LogP contribution in [-0.4, -0.2) is 44.6 Å². The number of amides is 1. The number of carbonyl (C=O) groups is 1. The van der Waals surface area contributed by atoms with Gasteiger partial charge in [0.25, 0.3) is 0 Å². The summed E-state index contributed by atoms with van der Waals surface area (Å²) in [6.45, 7) is 3.02. The number of aryl methyl sites for hydroxylation is 1. The third-order valence-electron chi connectivity index (χ3n) is 3.80. The van der Waals surface area contributed by atoms with Crippen molar-refractivity contribution >= 4 is 33.6 Å². The van der Waals surface area contributed by atoms with E-state index < -0.39 is 10.0 Å². The van der Waals surface area contributed by atoms with E-state index >= 15 is 0 Å². The number of sulfonamides is 1. The van der Waals surface area contributed by atoms with E-state index in [9.17, 15) is 13.2 Å². The molecule has 0 saturated carbocycles. The molecule has 0 unspecified atom stereocenters. The lowest BCUT2D eigenvalue weighted by molar-refractivity contribution is -0.126. The number of halogens is 1. The van der Waals surface area contributed by atoms with Crippen molar-refractivity contribution in [2.75, 3.05) is 19.3 Å². The van der Waals surface area contributed by atoms with Crippen LogP contribution in [0.5, 0.6) is 0 Å². The zero-order chi connectivity index (χ0) is 17.0. The summed E-state index contributed by atoms with van der Waals surface area (Å²) in [7, 11) is -3.20. The van der Waals surface area contributed by atoms with Crippen molar-refractivity contribution in [3.05, 3.63) is 40.4 Å². The fourth-order valence-electron chi connectivity index (χ4n) is 2.51. The van der Waals surface area contributed by atoms with E-state index in [1.807, 2.05) is 25.1 Å². The van der Waals surface area contributed by atoms with Gasteiger partial charge in [0.1, 0.15) is 0 Å². The minimum Gasteiger partial charge on any atom is -0.339 e. The maximum atomic E-state index is 12.2. The number of carbonyl (C=O) groups excluding carboxylic acids is 1.